The average molecular weight is 421 g/mol. The van der Waals surface area contributed by atoms with Crippen LogP contribution >= 0.6 is 0 Å². The third-order valence-corrected chi connectivity index (χ3v) is 6.70. The van der Waals surface area contributed by atoms with E-state index >= 15 is 0 Å². The first-order valence-electron chi connectivity index (χ1n) is 11.1. The molecule has 31 heavy (non-hydrogen) atoms. The Labute approximate surface area is 180 Å². The molecule has 1 N–H and O–H groups in total. The molecule has 0 radical (unpaired) electrons. The summed E-state index contributed by atoms with van der Waals surface area (Å²) in [4.78, 5) is 41.2. The highest BCUT2D eigenvalue weighted by Crippen LogP contribution is 2.30. The summed E-state index contributed by atoms with van der Waals surface area (Å²) >= 11 is 0. The van der Waals surface area contributed by atoms with E-state index in [0.717, 1.165) is 68.3 Å². The van der Waals surface area contributed by atoms with E-state index in [1.807, 2.05) is 21.6 Å². The highest BCUT2D eigenvalue weighted by Gasteiger charge is 2.34. The number of hydrogen-bond acceptors (Lipinski definition) is 5. The van der Waals surface area contributed by atoms with Crippen LogP contribution in [0.4, 0.5) is 0 Å². The normalized spacial score (nSPS) is 20.9. The first-order valence-corrected chi connectivity index (χ1v) is 11.1. The molecule has 8 nitrogen and oxygen atoms in total. The van der Waals surface area contributed by atoms with Gasteiger partial charge in [0.2, 0.25) is 0 Å². The van der Waals surface area contributed by atoms with Crippen molar-refractivity contribution in [3.63, 3.8) is 0 Å². The van der Waals surface area contributed by atoms with Crippen LogP contribution in [0.2, 0.25) is 0 Å². The minimum Gasteiger partial charge on any atom is -0.323 e. The van der Waals surface area contributed by atoms with Gasteiger partial charge in [0, 0.05) is 38.1 Å². The van der Waals surface area contributed by atoms with Crippen molar-refractivity contribution >= 4 is 16.9 Å². The fraction of sp³-hybridized carbons (Fsp3) is 0.478. The maximum atomic E-state index is 13.1. The minimum absolute atomic E-state index is 0.00995. The highest BCUT2D eigenvalue weighted by atomic mass is 16.2. The first-order chi connectivity index (χ1) is 15.1. The van der Waals surface area contributed by atoms with Crippen molar-refractivity contribution in [2.75, 3.05) is 19.6 Å². The Balaban J connectivity index is 1.33. The van der Waals surface area contributed by atoms with Crippen molar-refractivity contribution in [1.29, 1.82) is 0 Å². The fourth-order valence-corrected chi connectivity index (χ4v) is 5.14. The van der Waals surface area contributed by atoms with Gasteiger partial charge in [-0.3, -0.25) is 14.3 Å². The number of benzene rings is 1. The molecule has 1 amide bonds. The molecular weight excluding hydrogens is 392 g/mol. The Hall–Kier alpha value is -3.00. The van der Waals surface area contributed by atoms with Crippen LogP contribution in [-0.2, 0) is 0 Å². The lowest BCUT2D eigenvalue weighted by Gasteiger charge is -2.45. The number of likely N-dealkylation sites (tertiary alicyclic amines) is 2. The summed E-state index contributed by atoms with van der Waals surface area (Å²) in [5.74, 6) is 0.00995. The number of aromatic nitrogens is 4. The molecule has 4 heterocycles. The smallest absolute Gasteiger partial charge is 0.323 e. The molecule has 8 heteroatoms. The van der Waals surface area contributed by atoms with Crippen molar-refractivity contribution in [3.8, 4) is 0 Å². The summed E-state index contributed by atoms with van der Waals surface area (Å²) in [5.41, 5.74) is 3.55. The number of amides is 1. The SMILES string of the molecule is Cc1ccc2[nH]c(=O)n(C3CCN(C4CCCCN4C(=O)c4cncnc4)CC3)c2c1. The second kappa shape index (κ2) is 8.26. The van der Waals surface area contributed by atoms with E-state index in [2.05, 4.69) is 32.8 Å². The second-order valence-corrected chi connectivity index (χ2v) is 8.69. The molecule has 0 saturated carbocycles. The molecule has 0 spiro atoms. The molecule has 2 aliphatic heterocycles. The Morgan fingerprint density at radius 2 is 1.84 bits per heavy atom. The van der Waals surface area contributed by atoms with Gasteiger partial charge in [-0.2, -0.15) is 0 Å². The number of aromatic amines is 1. The number of aryl methyl sites for hydroxylation is 1. The zero-order valence-corrected chi connectivity index (χ0v) is 17.8. The van der Waals surface area contributed by atoms with Gasteiger partial charge in [-0.05, 0) is 56.7 Å². The first kappa shape index (κ1) is 19.9. The Kier molecular flexibility index (Phi) is 5.31. The zero-order valence-electron chi connectivity index (χ0n) is 17.8. The molecule has 2 saturated heterocycles. The zero-order chi connectivity index (χ0) is 21.4. The quantitative estimate of drug-likeness (QED) is 0.704. The van der Waals surface area contributed by atoms with Crippen molar-refractivity contribution in [2.45, 2.75) is 51.2 Å². The van der Waals surface area contributed by atoms with Crippen LogP contribution in [-0.4, -0.2) is 61.0 Å². The minimum atomic E-state index is -0.0300. The van der Waals surface area contributed by atoms with Crippen molar-refractivity contribution in [2.24, 2.45) is 0 Å². The maximum absolute atomic E-state index is 13.1. The Bertz CT molecular complexity index is 1130. The number of rotatable bonds is 3. The monoisotopic (exact) mass is 420 g/mol. The summed E-state index contributed by atoms with van der Waals surface area (Å²) in [5, 5.41) is 0. The van der Waals surface area contributed by atoms with Crippen LogP contribution in [0, 0.1) is 6.92 Å². The van der Waals surface area contributed by atoms with Crippen LogP contribution in [0.5, 0.6) is 0 Å². The molecule has 3 aromatic rings. The van der Waals surface area contributed by atoms with Gasteiger partial charge >= 0.3 is 5.69 Å². The van der Waals surface area contributed by atoms with Gasteiger partial charge in [-0.25, -0.2) is 14.8 Å². The number of carbonyl (C=O) groups excluding carboxylic acids is 1. The molecule has 5 rings (SSSR count). The number of imidazole rings is 1. The van der Waals surface area contributed by atoms with Gasteiger partial charge in [0.15, 0.2) is 0 Å². The van der Waals surface area contributed by atoms with Crippen LogP contribution in [0.1, 0.15) is 54.1 Å². The summed E-state index contributed by atoms with van der Waals surface area (Å²) in [7, 11) is 0. The van der Waals surface area contributed by atoms with E-state index in [0.29, 0.717) is 5.56 Å². The van der Waals surface area contributed by atoms with Gasteiger partial charge < -0.3 is 9.88 Å². The largest absolute Gasteiger partial charge is 0.326 e. The van der Waals surface area contributed by atoms with Gasteiger partial charge in [-0.15, -0.1) is 0 Å². The predicted octanol–water partition coefficient (Wildman–Crippen LogP) is 2.72. The molecular formula is C23H28N6O2. The van der Waals surface area contributed by atoms with Crippen LogP contribution in [0.25, 0.3) is 11.0 Å². The number of nitrogens with zero attached hydrogens (tertiary/aromatic N) is 5. The molecule has 1 aromatic carbocycles. The summed E-state index contributed by atoms with van der Waals surface area (Å²) in [6.07, 6.45) is 9.67. The van der Waals surface area contributed by atoms with Crippen molar-refractivity contribution in [1.82, 2.24) is 29.3 Å². The number of fused-ring (bicyclic) bond motifs is 1. The van der Waals surface area contributed by atoms with Crippen LogP contribution in [0.3, 0.4) is 0 Å². The van der Waals surface area contributed by atoms with Crippen molar-refractivity contribution < 1.29 is 4.79 Å². The number of H-pyrrole nitrogens is 1. The highest BCUT2D eigenvalue weighted by molar-refractivity contribution is 5.93. The Morgan fingerprint density at radius 1 is 1.06 bits per heavy atom. The van der Waals surface area contributed by atoms with Crippen molar-refractivity contribution in [3.05, 3.63) is 58.5 Å². The third kappa shape index (κ3) is 3.76. The number of piperidine rings is 2. The van der Waals surface area contributed by atoms with E-state index in [1.165, 1.54) is 6.33 Å². The van der Waals surface area contributed by atoms with E-state index in [9.17, 15) is 9.59 Å². The van der Waals surface area contributed by atoms with E-state index < -0.39 is 0 Å². The molecule has 162 valence electrons. The maximum Gasteiger partial charge on any atom is 0.326 e. The summed E-state index contributed by atoms with van der Waals surface area (Å²) in [6, 6.07) is 6.27. The molecule has 2 aromatic heterocycles. The average Bonchev–Trinajstić information content (AvgIpc) is 3.14. The van der Waals surface area contributed by atoms with Gasteiger partial charge in [-0.1, -0.05) is 6.07 Å². The molecule has 2 fully saturated rings. The molecule has 1 atom stereocenters. The predicted molar refractivity (Wildman–Crippen MR) is 118 cm³/mol. The standard InChI is InChI=1S/C23H28N6O2/c1-16-5-6-19-20(12-16)29(23(31)26-19)18-7-10-27(11-8-18)21-4-2-3-9-28(21)22(30)17-13-24-15-25-14-17/h5-6,12-15,18,21H,2-4,7-11H2,1H3,(H,26,31). The lowest BCUT2D eigenvalue weighted by Crippen LogP contribution is -2.55. The lowest BCUT2D eigenvalue weighted by atomic mass is 10.00. The van der Waals surface area contributed by atoms with Gasteiger partial charge in [0.25, 0.3) is 5.91 Å². The topological polar surface area (TPSA) is 87.1 Å². The van der Waals surface area contributed by atoms with Crippen LogP contribution in [0.15, 0.2) is 41.7 Å². The number of carbonyl (C=O) groups is 1. The lowest BCUT2D eigenvalue weighted by molar-refractivity contribution is 0.00115. The number of hydrogen-bond donors (Lipinski definition) is 1. The summed E-state index contributed by atoms with van der Waals surface area (Å²) in [6.45, 7) is 4.56. The molecule has 0 aliphatic carbocycles. The summed E-state index contributed by atoms with van der Waals surface area (Å²) < 4.78 is 1.94. The molecule has 0 bridgehead atoms. The fourth-order valence-electron chi connectivity index (χ4n) is 5.14. The van der Waals surface area contributed by atoms with Gasteiger partial charge in [0.05, 0.1) is 22.8 Å². The van der Waals surface area contributed by atoms with Crippen LogP contribution < -0.4 is 5.69 Å². The van der Waals surface area contributed by atoms with E-state index in [4.69, 9.17) is 0 Å². The van der Waals surface area contributed by atoms with E-state index in [-0.39, 0.29) is 23.8 Å². The van der Waals surface area contributed by atoms with E-state index in [1.54, 1.807) is 12.4 Å². The molecule has 2 aliphatic rings. The third-order valence-electron chi connectivity index (χ3n) is 6.70. The Morgan fingerprint density at radius 3 is 2.61 bits per heavy atom. The van der Waals surface area contributed by atoms with Gasteiger partial charge in [0.1, 0.15) is 6.33 Å². The molecule has 1 unspecified atom stereocenters. The second-order valence-electron chi connectivity index (χ2n) is 8.69. The number of nitrogens with one attached hydrogen (secondary N) is 1.